The molecule has 2 aliphatic heterocycles. The number of hydrogen-bond acceptors (Lipinski definition) is 5. The van der Waals surface area contributed by atoms with Gasteiger partial charge in [-0.15, -0.1) is 0 Å². The lowest BCUT2D eigenvalue weighted by Gasteiger charge is -2.35. The molecule has 126 valence electrons. The van der Waals surface area contributed by atoms with Crippen LogP contribution in [0.3, 0.4) is 0 Å². The third kappa shape index (κ3) is 4.69. The fourth-order valence-electron chi connectivity index (χ4n) is 3.28. The van der Waals surface area contributed by atoms with E-state index in [0.29, 0.717) is 18.2 Å². The zero-order chi connectivity index (χ0) is 16.2. The second-order valence-electron chi connectivity index (χ2n) is 6.86. The first-order chi connectivity index (χ1) is 11.1. The van der Waals surface area contributed by atoms with Gasteiger partial charge in [0.15, 0.2) is 5.96 Å². The highest BCUT2D eigenvalue weighted by Crippen LogP contribution is 2.14. The average Bonchev–Trinajstić information content (AvgIpc) is 2.91. The van der Waals surface area contributed by atoms with Gasteiger partial charge in [0.1, 0.15) is 0 Å². The molecule has 1 aromatic carbocycles. The molecule has 0 amide bonds. The summed E-state index contributed by atoms with van der Waals surface area (Å²) in [6.07, 6.45) is 0.647. The van der Waals surface area contributed by atoms with Crippen LogP contribution < -0.4 is 10.6 Å². The van der Waals surface area contributed by atoms with Crippen LogP contribution in [0.4, 0.5) is 0 Å². The SMILES string of the molecule is CC1CN=C(NCc2ccc(CN3CC(C)OC(C)C3)cc2)N1. The van der Waals surface area contributed by atoms with E-state index in [4.69, 9.17) is 4.74 Å². The summed E-state index contributed by atoms with van der Waals surface area (Å²) in [4.78, 5) is 6.89. The number of benzene rings is 1. The largest absolute Gasteiger partial charge is 0.373 e. The summed E-state index contributed by atoms with van der Waals surface area (Å²) in [5.74, 6) is 0.915. The van der Waals surface area contributed by atoms with Crippen LogP contribution in [0.5, 0.6) is 0 Å². The summed E-state index contributed by atoms with van der Waals surface area (Å²) in [6.45, 7) is 11.1. The van der Waals surface area contributed by atoms with Crippen LogP contribution >= 0.6 is 0 Å². The molecule has 0 aliphatic carbocycles. The maximum Gasteiger partial charge on any atom is 0.191 e. The maximum absolute atomic E-state index is 5.79. The van der Waals surface area contributed by atoms with E-state index in [1.165, 1.54) is 11.1 Å². The molecule has 23 heavy (non-hydrogen) atoms. The zero-order valence-electron chi connectivity index (χ0n) is 14.4. The van der Waals surface area contributed by atoms with E-state index in [2.05, 4.69) is 65.6 Å². The lowest BCUT2D eigenvalue weighted by molar-refractivity contribution is -0.0704. The van der Waals surface area contributed by atoms with Crippen LogP contribution in [0.25, 0.3) is 0 Å². The molecule has 5 heteroatoms. The predicted molar refractivity (Wildman–Crippen MR) is 93.5 cm³/mol. The van der Waals surface area contributed by atoms with Crippen molar-refractivity contribution in [1.82, 2.24) is 15.5 Å². The Bertz CT molecular complexity index is 532. The van der Waals surface area contributed by atoms with E-state index in [9.17, 15) is 0 Å². The lowest BCUT2D eigenvalue weighted by Crippen LogP contribution is -2.44. The molecule has 2 N–H and O–H groups in total. The number of nitrogens with zero attached hydrogens (tertiary/aromatic N) is 2. The third-order valence-electron chi connectivity index (χ3n) is 4.29. The molecule has 3 atom stereocenters. The van der Waals surface area contributed by atoms with Crippen molar-refractivity contribution in [3.05, 3.63) is 35.4 Å². The van der Waals surface area contributed by atoms with Crippen molar-refractivity contribution in [3.63, 3.8) is 0 Å². The summed E-state index contributed by atoms with van der Waals surface area (Å²) in [5.41, 5.74) is 2.64. The Morgan fingerprint density at radius 1 is 1.13 bits per heavy atom. The zero-order valence-corrected chi connectivity index (χ0v) is 14.4. The Balaban J connectivity index is 1.49. The Morgan fingerprint density at radius 3 is 2.39 bits per heavy atom. The Labute approximate surface area is 139 Å². The summed E-state index contributed by atoms with van der Waals surface area (Å²) >= 11 is 0. The fourth-order valence-corrected chi connectivity index (χ4v) is 3.28. The number of rotatable bonds is 4. The Morgan fingerprint density at radius 2 is 1.78 bits per heavy atom. The van der Waals surface area contributed by atoms with Crippen molar-refractivity contribution in [2.24, 2.45) is 4.99 Å². The van der Waals surface area contributed by atoms with Crippen molar-refractivity contribution < 1.29 is 4.74 Å². The number of morpholine rings is 1. The van der Waals surface area contributed by atoms with E-state index in [-0.39, 0.29) is 0 Å². The van der Waals surface area contributed by atoms with Gasteiger partial charge in [0, 0.05) is 32.2 Å². The van der Waals surface area contributed by atoms with Gasteiger partial charge in [0.2, 0.25) is 0 Å². The molecule has 5 nitrogen and oxygen atoms in total. The molecule has 0 radical (unpaired) electrons. The van der Waals surface area contributed by atoms with Crippen LogP contribution in [-0.2, 0) is 17.8 Å². The summed E-state index contributed by atoms with van der Waals surface area (Å²) in [7, 11) is 0. The van der Waals surface area contributed by atoms with Crippen molar-refractivity contribution >= 4 is 5.96 Å². The van der Waals surface area contributed by atoms with Gasteiger partial charge in [-0.2, -0.15) is 0 Å². The summed E-state index contributed by atoms with van der Waals surface area (Å²) < 4.78 is 5.79. The van der Waals surface area contributed by atoms with Crippen molar-refractivity contribution in [2.75, 3.05) is 19.6 Å². The van der Waals surface area contributed by atoms with Gasteiger partial charge in [-0.05, 0) is 31.9 Å². The quantitative estimate of drug-likeness (QED) is 0.888. The van der Waals surface area contributed by atoms with Gasteiger partial charge < -0.3 is 15.4 Å². The normalized spacial score (nSPS) is 28.3. The standard InChI is InChI=1S/C18H28N4O/c1-13-8-19-18(21-13)20-9-16-4-6-17(7-5-16)12-22-10-14(2)23-15(3)11-22/h4-7,13-15H,8-12H2,1-3H3,(H2,19,20,21). The molecule has 3 rings (SSSR count). The van der Waals surface area contributed by atoms with Gasteiger partial charge in [0.25, 0.3) is 0 Å². The molecule has 1 aromatic rings. The minimum atomic E-state index is 0.323. The Kier molecular flexibility index (Phi) is 5.18. The molecule has 2 aliphatic rings. The van der Waals surface area contributed by atoms with E-state index in [0.717, 1.165) is 38.7 Å². The minimum Gasteiger partial charge on any atom is -0.373 e. The van der Waals surface area contributed by atoms with Crippen LogP contribution in [0.15, 0.2) is 29.3 Å². The first kappa shape index (κ1) is 16.3. The van der Waals surface area contributed by atoms with E-state index in [1.54, 1.807) is 0 Å². The summed E-state index contributed by atoms with van der Waals surface area (Å²) in [6, 6.07) is 9.31. The maximum atomic E-state index is 5.79. The smallest absolute Gasteiger partial charge is 0.191 e. The van der Waals surface area contributed by atoms with Gasteiger partial charge in [-0.3, -0.25) is 9.89 Å². The molecule has 0 bridgehead atoms. The highest BCUT2D eigenvalue weighted by Gasteiger charge is 2.21. The molecular formula is C18H28N4O. The third-order valence-corrected chi connectivity index (χ3v) is 4.29. The van der Waals surface area contributed by atoms with Gasteiger partial charge in [-0.1, -0.05) is 24.3 Å². The highest BCUT2D eigenvalue weighted by molar-refractivity contribution is 5.81. The molecule has 1 fully saturated rings. The van der Waals surface area contributed by atoms with Gasteiger partial charge in [-0.25, -0.2) is 0 Å². The van der Waals surface area contributed by atoms with Gasteiger partial charge >= 0.3 is 0 Å². The molecule has 0 aromatic heterocycles. The number of aliphatic imine (C=N–C) groups is 1. The van der Waals surface area contributed by atoms with Crippen LogP contribution in [0, 0.1) is 0 Å². The second kappa shape index (κ2) is 7.32. The number of nitrogens with one attached hydrogen (secondary N) is 2. The second-order valence-corrected chi connectivity index (χ2v) is 6.86. The lowest BCUT2D eigenvalue weighted by atomic mass is 10.1. The van der Waals surface area contributed by atoms with Crippen LogP contribution in [-0.4, -0.2) is 48.7 Å². The van der Waals surface area contributed by atoms with E-state index < -0.39 is 0 Å². The number of hydrogen-bond donors (Lipinski definition) is 2. The monoisotopic (exact) mass is 316 g/mol. The van der Waals surface area contributed by atoms with Crippen molar-refractivity contribution in [3.8, 4) is 0 Å². The molecule has 0 saturated carbocycles. The van der Waals surface area contributed by atoms with Crippen molar-refractivity contribution in [2.45, 2.75) is 52.1 Å². The first-order valence-corrected chi connectivity index (χ1v) is 8.59. The fraction of sp³-hybridized carbons (Fsp3) is 0.611. The van der Waals surface area contributed by atoms with Gasteiger partial charge in [0.05, 0.1) is 18.8 Å². The molecule has 0 spiro atoms. The molecule has 2 heterocycles. The van der Waals surface area contributed by atoms with Crippen LogP contribution in [0.2, 0.25) is 0 Å². The minimum absolute atomic E-state index is 0.323. The summed E-state index contributed by atoms with van der Waals surface area (Å²) in [5, 5.41) is 6.67. The highest BCUT2D eigenvalue weighted by atomic mass is 16.5. The van der Waals surface area contributed by atoms with Crippen LogP contribution in [0.1, 0.15) is 31.9 Å². The molecular weight excluding hydrogens is 288 g/mol. The topological polar surface area (TPSA) is 48.9 Å². The van der Waals surface area contributed by atoms with E-state index in [1.807, 2.05) is 0 Å². The average molecular weight is 316 g/mol. The Hall–Kier alpha value is -1.59. The molecule has 1 saturated heterocycles. The number of ether oxygens (including phenoxy) is 1. The number of guanidine groups is 1. The molecule has 3 unspecified atom stereocenters. The van der Waals surface area contributed by atoms with Crippen molar-refractivity contribution in [1.29, 1.82) is 0 Å². The first-order valence-electron chi connectivity index (χ1n) is 8.59. The van der Waals surface area contributed by atoms with E-state index >= 15 is 0 Å². The predicted octanol–water partition coefficient (Wildman–Crippen LogP) is 1.73.